The molecule has 4 rings (SSSR count). The van der Waals surface area contributed by atoms with Gasteiger partial charge >= 0.3 is 12.1 Å². The molecule has 1 heterocycles. The predicted molar refractivity (Wildman–Crippen MR) is 193 cm³/mol. The normalized spacial score (nSPS) is 15.5. The number of anilines is 2. The van der Waals surface area contributed by atoms with Crippen molar-refractivity contribution in [1.29, 1.82) is 0 Å². The average molecular weight is 739 g/mol. The first kappa shape index (κ1) is 39.9. The molecule has 2 unspecified atom stereocenters. The number of aromatic carboxylic acids is 1. The summed E-state index contributed by atoms with van der Waals surface area (Å²) in [5.74, 6) is -1.86. The molecule has 280 valence electrons. The van der Waals surface area contributed by atoms with Crippen molar-refractivity contribution in [3.05, 3.63) is 90.0 Å². The Hall–Kier alpha value is -4.83. The van der Waals surface area contributed by atoms with Gasteiger partial charge < -0.3 is 35.6 Å². The quantitative estimate of drug-likeness (QED) is 0.126. The Morgan fingerprint density at radius 1 is 0.885 bits per heavy atom. The topological polar surface area (TPSA) is 201 Å². The van der Waals surface area contributed by atoms with E-state index in [1.807, 2.05) is 44.2 Å². The molecule has 0 saturated carbocycles. The number of sulfonamides is 1. The van der Waals surface area contributed by atoms with Crippen molar-refractivity contribution in [2.24, 2.45) is 5.92 Å². The minimum absolute atomic E-state index is 0.0334. The second kappa shape index (κ2) is 19.1. The smallest absolute Gasteiger partial charge is 0.407 e. The average Bonchev–Trinajstić information content (AvgIpc) is 3.61. The number of carboxylic acids is 1. The molecule has 0 aliphatic carbocycles. The Morgan fingerprint density at radius 2 is 1.48 bits per heavy atom. The molecule has 5 N–H and O–H groups in total. The molecule has 1 saturated heterocycles. The maximum atomic E-state index is 13.9. The van der Waals surface area contributed by atoms with E-state index < -0.39 is 40.3 Å². The first-order chi connectivity index (χ1) is 24.8. The molecule has 1 fully saturated rings. The zero-order valence-corrected chi connectivity index (χ0v) is 30.0. The fourth-order valence-corrected chi connectivity index (χ4v) is 7.14. The van der Waals surface area contributed by atoms with Gasteiger partial charge in [-0.1, -0.05) is 44.2 Å². The summed E-state index contributed by atoms with van der Waals surface area (Å²) in [4.78, 5) is 48.5. The highest BCUT2D eigenvalue weighted by Crippen LogP contribution is 2.22. The van der Waals surface area contributed by atoms with Crippen LogP contribution in [0.15, 0.2) is 83.8 Å². The van der Waals surface area contributed by atoms with Crippen molar-refractivity contribution in [3.8, 4) is 0 Å². The van der Waals surface area contributed by atoms with Gasteiger partial charge in [0.1, 0.15) is 6.10 Å². The molecule has 3 amide bonds. The van der Waals surface area contributed by atoms with E-state index in [4.69, 9.17) is 14.6 Å². The Bertz CT molecular complexity index is 1750. The molecule has 0 radical (unpaired) electrons. The number of carbonyl (C=O) groups excluding carboxylic acids is 3. The number of hydrogen-bond acceptors (Lipinski definition) is 9. The van der Waals surface area contributed by atoms with Crippen molar-refractivity contribution in [3.63, 3.8) is 0 Å². The molecule has 1 aliphatic rings. The van der Waals surface area contributed by atoms with Crippen molar-refractivity contribution in [2.75, 3.05) is 36.9 Å². The molecule has 0 spiro atoms. The second-order valence-electron chi connectivity index (χ2n) is 13.0. The van der Waals surface area contributed by atoms with Crippen LogP contribution in [0.1, 0.15) is 55.5 Å². The summed E-state index contributed by atoms with van der Waals surface area (Å²) < 4.78 is 39.7. The van der Waals surface area contributed by atoms with Crippen molar-refractivity contribution in [2.45, 2.75) is 69.1 Å². The van der Waals surface area contributed by atoms with Crippen molar-refractivity contribution >= 4 is 45.3 Å². The van der Waals surface area contributed by atoms with Gasteiger partial charge in [-0.2, -0.15) is 4.31 Å². The van der Waals surface area contributed by atoms with Gasteiger partial charge in [-0.05, 0) is 72.9 Å². The van der Waals surface area contributed by atoms with Crippen LogP contribution in [0.2, 0.25) is 0 Å². The molecule has 14 nitrogen and oxygen atoms in total. The summed E-state index contributed by atoms with van der Waals surface area (Å²) in [7, 11) is -4.12. The number of ether oxygens (including phenoxy) is 2. The van der Waals surface area contributed by atoms with Gasteiger partial charge in [0, 0.05) is 43.7 Å². The van der Waals surface area contributed by atoms with Gasteiger partial charge in [0.15, 0.2) is 0 Å². The lowest BCUT2D eigenvalue weighted by Crippen LogP contribution is -2.51. The number of alkyl carbamates (subject to hydrolysis) is 1. The number of aliphatic hydroxyl groups is 1. The van der Waals surface area contributed by atoms with Crippen LogP contribution in [0.3, 0.4) is 0 Å². The number of nitrogens with zero attached hydrogens (tertiary/aromatic N) is 1. The Balaban J connectivity index is 1.35. The largest absolute Gasteiger partial charge is 0.478 e. The number of nitrogens with one attached hydrogen (secondary N) is 3. The minimum atomic E-state index is -4.12. The summed E-state index contributed by atoms with van der Waals surface area (Å²) >= 11 is 0. The van der Waals surface area contributed by atoms with Crippen LogP contribution in [-0.2, 0) is 35.5 Å². The Labute approximate surface area is 303 Å². The number of aliphatic hydroxyl groups excluding tert-OH is 1. The summed E-state index contributed by atoms with van der Waals surface area (Å²) in [6.45, 7) is 4.29. The van der Waals surface area contributed by atoms with Crippen molar-refractivity contribution < 1.29 is 47.3 Å². The van der Waals surface area contributed by atoms with Gasteiger partial charge in [-0.25, -0.2) is 18.0 Å². The fraction of sp³-hybridized carbons (Fsp3) is 0.405. The maximum absolute atomic E-state index is 13.9. The van der Waals surface area contributed by atoms with Crippen LogP contribution in [0.4, 0.5) is 16.2 Å². The molecule has 0 aromatic heterocycles. The van der Waals surface area contributed by atoms with Gasteiger partial charge in [-0.3, -0.25) is 9.59 Å². The standard InChI is InChI=1S/C37H46N4O10S/c1-25(2)22-41(23-33(42)32(21-26-7-4-3-5-8-26)40-37(47)51-30-19-20-50-24-30)52(48,49)31-17-15-29(16-18-31)39-35(44)10-6-9-34(43)38-28-13-11-27(12-14-28)36(45)46/h3-5,7-8,11-18,25,30,32-33,42H,6,9-10,19-24H2,1-2H3,(H,38,43)(H,39,44)(H,40,47)(H,45,46)/t30?,32-,33?/m1/s1. The number of rotatable bonds is 18. The Kier molecular flexibility index (Phi) is 14.7. The monoisotopic (exact) mass is 738 g/mol. The predicted octanol–water partition coefficient (Wildman–Crippen LogP) is 4.27. The molecule has 0 bridgehead atoms. The number of carbonyl (C=O) groups is 4. The first-order valence-electron chi connectivity index (χ1n) is 17.1. The summed E-state index contributed by atoms with van der Waals surface area (Å²) in [6, 6.07) is 19.7. The summed E-state index contributed by atoms with van der Waals surface area (Å²) in [5.41, 5.74) is 1.73. The van der Waals surface area contributed by atoms with E-state index in [0.717, 1.165) is 5.56 Å². The third kappa shape index (κ3) is 12.4. The van der Waals surface area contributed by atoms with Gasteiger partial charge in [-0.15, -0.1) is 0 Å². The van der Waals surface area contributed by atoms with E-state index in [1.165, 1.54) is 52.8 Å². The van der Waals surface area contributed by atoms with Crippen LogP contribution in [0, 0.1) is 5.92 Å². The van der Waals surface area contributed by atoms with Crippen LogP contribution >= 0.6 is 0 Å². The molecule has 3 aromatic carbocycles. The lowest BCUT2D eigenvalue weighted by atomic mass is 10.0. The zero-order chi connectivity index (χ0) is 37.7. The highest BCUT2D eigenvalue weighted by molar-refractivity contribution is 7.89. The highest BCUT2D eigenvalue weighted by atomic mass is 32.2. The molecule has 52 heavy (non-hydrogen) atoms. The third-order valence-electron chi connectivity index (χ3n) is 8.19. The highest BCUT2D eigenvalue weighted by Gasteiger charge is 2.32. The number of benzene rings is 3. The minimum Gasteiger partial charge on any atom is -0.478 e. The van der Waals surface area contributed by atoms with Gasteiger partial charge in [0.25, 0.3) is 0 Å². The zero-order valence-electron chi connectivity index (χ0n) is 29.2. The van der Waals surface area contributed by atoms with E-state index in [-0.39, 0.29) is 73.6 Å². The number of carboxylic acid groups (broad SMARTS) is 1. The van der Waals surface area contributed by atoms with E-state index in [1.54, 1.807) is 0 Å². The van der Waals surface area contributed by atoms with Crippen LogP contribution < -0.4 is 16.0 Å². The van der Waals surface area contributed by atoms with Crippen LogP contribution in [0.25, 0.3) is 0 Å². The molecule has 3 atom stereocenters. The van der Waals surface area contributed by atoms with Crippen LogP contribution in [0.5, 0.6) is 0 Å². The second-order valence-corrected chi connectivity index (χ2v) is 14.9. The summed E-state index contributed by atoms with van der Waals surface area (Å²) in [6.07, 6.45) is -1.28. The molecule has 15 heteroatoms. The lowest BCUT2D eigenvalue weighted by Gasteiger charge is -2.30. The number of amides is 3. The SMILES string of the molecule is CC(C)CN(CC(O)[C@@H](Cc1ccccc1)NC(=O)OC1CCOC1)S(=O)(=O)c1ccc(NC(=O)CCCC(=O)Nc2ccc(C(=O)O)cc2)cc1. The molecule has 3 aromatic rings. The molecular weight excluding hydrogens is 692 g/mol. The van der Waals surface area contributed by atoms with Gasteiger partial charge in [0.05, 0.1) is 35.8 Å². The Morgan fingerprint density at radius 3 is 2.02 bits per heavy atom. The van der Waals surface area contributed by atoms with E-state index in [9.17, 15) is 32.7 Å². The number of hydrogen-bond donors (Lipinski definition) is 5. The van der Waals surface area contributed by atoms with E-state index in [2.05, 4.69) is 16.0 Å². The lowest BCUT2D eigenvalue weighted by molar-refractivity contribution is -0.117. The van der Waals surface area contributed by atoms with E-state index >= 15 is 0 Å². The van der Waals surface area contributed by atoms with Gasteiger partial charge in [0.2, 0.25) is 21.8 Å². The third-order valence-corrected chi connectivity index (χ3v) is 10.0. The molecular formula is C37H46N4O10S. The first-order valence-corrected chi connectivity index (χ1v) is 18.5. The van der Waals surface area contributed by atoms with Crippen molar-refractivity contribution in [1.82, 2.24) is 9.62 Å². The maximum Gasteiger partial charge on any atom is 0.407 e. The molecule has 1 aliphatic heterocycles. The van der Waals surface area contributed by atoms with Crippen LogP contribution in [-0.4, -0.2) is 91.4 Å². The fourth-order valence-electron chi connectivity index (χ4n) is 5.52. The van der Waals surface area contributed by atoms with E-state index in [0.29, 0.717) is 24.4 Å². The summed E-state index contributed by atoms with van der Waals surface area (Å²) in [5, 5.41) is 28.5.